The molecule has 3 rings (SSSR count). The fourth-order valence-corrected chi connectivity index (χ4v) is 4.83. The highest BCUT2D eigenvalue weighted by Gasteiger charge is 2.43. The van der Waals surface area contributed by atoms with Crippen LogP contribution in [0, 0.1) is 0 Å². The van der Waals surface area contributed by atoms with Crippen LogP contribution >= 0.6 is 0 Å². The van der Waals surface area contributed by atoms with Crippen LogP contribution in [0.5, 0.6) is 0 Å². The minimum atomic E-state index is -4.32. The molecule has 2 aliphatic rings. The number of halogens is 3. The van der Waals surface area contributed by atoms with Gasteiger partial charge in [-0.2, -0.15) is 13.2 Å². The summed E-state index contributed by atoms with van der Waals surface area (Å²) in [6, 6.07) is 6.44. The fourth-order valence-electron chi connectivity index (χ4n) is 4.83. The molecule has 1 unspecified atom stereocenters. The minimum absolute atomic E-state index is 0.290. The van der Waals surface area contributed by atoms with Crippen molar-refractivity contribution in [2.75, 3.05) is 33.3 Å². The van der Waals surface area contributed by atoms with Crippen LogP contribution in [0.2, 0.25) is 0 Å². The van der Waals surface area contributed by atoms with Gasteiger partial charge in [-0.15, -0.1) is 0 Å². The Morgan fingerprint density at radius 1 is 1.18 bits per heavy atom. The van der Waals surface area contributed by atoms with Crippen molar-refractivity contribution in [1.29, 1.82) is 0 Å². The number of nitrogens with one attached hydrogen (secondary N) is 1. The lowest BCUT2D eigenvalue weighted by atomic mass is 9.67. The van der Waals surface area contributed by atoms with Crippen molar-refractivity contribution in [2.24, 2.45) is 0 Å². The van der Waals surface area contributed by atoms with E-state index in [1.165, 1.54) is 12.1 Å². The molecule has 7 nitrogen and oxygen atoms in total. The number of benzene rings is 1. The number of alkyl halides is 3. The average Bonchev–Trinajstić information content (AvgIpc) is 2.74. The van der Waals surface area contributed by atoms with E-state index in [4.69, 9.17) is 24.5 Å². The van der Waals surface area contributed by atoms with Gasteiger partial charge in [0.25, 0.3) is 0 Å². The third-order valence-corrected chi connectivity index (χ3v) is 6.58. The first-order valence-corrected chi connectivity index (χ1v) is 11.4. The summed E-state index contributed by atoms with van der Waals surface area (Å²) in [4.78, 5) is 20.5. The minimum Gasteiger partial charge on any atom is -0.473 e. The van der Waals surface area contributed by atoms with E-state index in [0.717, 1.165) is 57.3 Å². The zero-order valence-electron chi connectivity index (χ0n) is 20.0. The molecule has 1 atom stereocenters. The predicted octanol–water partition coefficient (Wildman–Crippen LogP) is 3.76. The molecule has 3 N–H and O–H groups in total. The van der Waals surface area contributed by atoms with Gasteiger partial charge in [0.05, 0.1) is 11.2 Å². The van der Waals surface area contributed by atoms with Crippen molar-refractivity contribution in [1.82, 2.24) is 10.2 Å². The SMILES string of the molecule is CN1CCC(NCCC2(c3cccc(C(F)(F)F)c3)CCOC(C)(C)C2)CC1.O=C(O)C(=O)O. The fraction of sp³-hybridized carbons (Fsp3) is 0.667. The molecule has 0 saturated carbocycles. The summed E-state index contributed by atoms with van der Waals surface area (Å²) < 4.78 is 45.8. The van der Waals surface area contributed by atoms with Crippen LogP contribution in [0.15, 0.2) is 24.3 Å². The molecule has 10 heteroatoms. The maximum atomic E-state index is 13.3. The number of likely N-dealkylation sites (tertiary alicyclic amines) is 1. The lowest BCUT2D eigenvalue weighted by molar-refractivity contribution is -0.159. The van der Waals surface area contributed by atoms with Gasteiger partial charge >= 0.3 is 18.1 Å². The van der Waals surface area contributed by atoms with Crippen LogP contribution in [0.25, 0.3) is 0 Å². The van der Waals surface area contributed by atoms with E-state index in [1.807, 2.05) is 19.9 Å². The largest absolute Gasteiger partial charge is 0.473 e. The van der Waals surface area contributed by atoms with Gasteiger partial charge in [0, 0.05) is 18.1 Å². The first-order valence-electron chi connectivity index (χ1n) is 11.4. The van der Waals surface area contributed by atoms with E-state index in [2.05, 4.69) is 17.3 Å². The monoisotopic (exact) mass is 488 g/mol. The molecule has 34 heavy (non-hydrogen) atoms. The Morgan fingerprint density at radius 3 is 2.32 bits per heavy atom. The normalized spacial score (nSPS) is 23.6. The molecule has 0 aromatic heterocycles. The lowest BCUT2D eigenvalue weighted by Gasteiger charge is -2.46. The number of hydrogen-bond donors (Lipinski definition) is 3. The van der Waals surface area contributed by atoms with E-state index in [-0.39, 0.29) is 11.0 Å². The van der Waals surface area contributed by atoms with Gasteiger partial charge in [0.15, 0.2) is 0 Å². The van der Waals surface area contributed by atoms with E-state index in [9.17, 15) is 13.2 Å². The number of piperidine rings is 1. The maximum Gasteiger partial charge on any atom is 0.416 e. The quantitative estimate of drug-likeness (QED) is 0.543. The predicted molar refractivity (Wildman–Crippen MR) is 121 cm³/mol. The van der Waals surface area contributed by atoms with Crippen molar-refractivity contribution in [3.63, 3.8) is 0 Å². The molecule has 0 bridgehead atoms. The number of ether oxygens (including phenoxy) is 1. The van der Waals surface area contributed by atoms with Crippen LogP contribution < -0.4 is 5.32 Å². The number of rotatable bonds is 5. The molecule has 0 amide bonds. The van der Waals surface area contributed by atoms with Crippen LogP contribution in [-0.2, 0) is 25.9 Å². The Morgan fingerprint density at radius 2 is 1.79 bits per heavy atom. The van der Waals surface area contributed by atoms with E-state index in [1.54, 1.807) is 6.07 Å². The van der Waals surface area contributed by atoms with Crippen LogP contribution in [0.1, 0.15) is 57.1 Å². The van der Waals surface area contributed by atoms with Crippen molar-refractivity contribution in [2.45, 2.75) is 69.2 Å². The van der Waals surface area contributed by atoms with Gasteiger partial charge in [-0.25, -0.2) is 9.59 Å². The van der Waals surface area contributed by atoms with Gasteiger partial charge in [0.1, 0.15) is 0 Å². The van der Waals surface area contributed by atoms with E-state index in [0.29, 0.717) is 12.6 Å². The standard InChI is InChI=1S/C22H33F3N2O.C2H2O4/c1-20(2)16-21(10-14-28-20,9-11-26-19-7-12-27(3)13-8-19)17-5-4-6-18(15-17)22(23,24)25;3-1(4)2(5)6/h4-6,15,19,26H,7-14,16H2,1-3H3;(H,3,4)(H,5,6). The summed E-state index contributed by atoms with van der Waals surface area (Å²) in [6.07, 6.45) is 0.254. The Hall–Kier alpha value is -2.17. The topological polar surface area (TPSA) is 99.1 Å². The maximum absolute atomic E-state index is 13.3. The molecule has 0 spiro atoms. The molecule has 0 radical (unpaired) electrons. The number of carboxylic acid groups (broad SMARTS) is 2. The summed E-state index contributed by atoms with van der Waals surface area (Å²) in [5.74, 6) is -3.65. The molecule has 1 aromatic rings. The number of hydrogen-bond acceptors (Lipinski definition) is 5. The number of nitrogens with zero attached hydrogens (tertiary/aromatic N) is 1. The number of carboxylic acids is 2. The van der Waals surface area contributed by atoms with Gasteiger partial charge in [0.2, 0.25) is 0 Å². The van der Waals surface area contributed by atoms with Crippen molar-refractivity contribution < 1.29 is 37.7 Å². The molecule has 2 fully saturated rings. The summed E-state index contributed by atoms with van der Waals surface area (Å²) in [5.41, 5.74) is -0.387. The van der Waals surface area contributed by atoms with Gasteiger partial charge in [-0.3, -0.25) is 0 Å². The van der Waals surface area contributed by atoms with Crippen LogP contribution in [0.3, 0.4) is 0 Å². The summed E-state index contributed by atoms with van der Waals surface area (Å²) in [5, 5.41) is 18.4. The molecule has 2 saturated heterocycles. The molecule has 192 valence electrons. The summed E-state index contributed by atoms with van der Waals surface area (Å²) >= 11 is 0. The zero-order chi connectivity index (χ0) is 25.6. The Bertz CT molecular complexity index is 826. The second-order valence-electron chi connectivity index (χ2n) is 9.79. The number of carbonyl (C=O) groups is 2. The Labute approximate surface area is 198 Å². The third-order valence-electron chi connectivity index (χ3n) is 6.58. The molecule has 1 aromatic carbocycles. The van der Waals surface area contributed by atoms with Crippen LogP contribution in [0.4, 0.5) is 13.2 Å². The van der Waals surface area contributed by atoms with Crippen molar-refractivity contribution in [3.8, 4) is 0 Å². The van der Waals surface area contributed by atoms with Gasteiger partial charge in [-0.1, -0.05) is 18.2 Å². The van der Waals surface area contributed by atoms with Gasteiger partial charge < -0.3 is 25.2 Å². The highest BCUT2D eigenvalue weighted by atomic mass is 19.4. The first kappa shape index (κ1) is 28.1. The highest BCUT2D eigenvalue weighted by molar-refractivity contribution is 6.27. The lowest BCUT2D eigenvalue weighted by Crippen LogP contribution is -2.47. The van der Waals surface area contributed by atoms with E-state index >= 15 is 0 Å². The molecule has 2 heterocycles. The molecular weight excluding hydrogens is 453 g/mol. The molecular formula is C24H35F3N2O5. The second kappa shape index (κ2) is 11.5. The average molecular weight is 489 g/mol. The van der Waals surface area contributed by atoms with E-state index < -0.39 is 23.7 Å². The van der Waals surface area contributed by atoms with Gasteiger partial charge in [-0.05, 0) is 84.3 Å². The second-order valence-corrected chi connectivity index (χ2v) is 9.79. The summed E-state index contributed by atoms with van der Waals surface area (Å²) in [7, 11) is 2.14. The van der Waals surface area contributed by atoms with Crippen molar-refractivity contribution >= 4 is 11.9 Å². The molecule has 2 aliphatic heterocycles. The smallest absolute Gasteiger partial charge is 0.416 e. The Kier molecular flexibility index (Phi) is 9.50. The third kappa shape index (κ3) is 8.25. The van der Waals surface area contributed by atoms with Crippen LogP contribution in [-0.4, -0.2) is 72.0 Å². The van der Waals surface area contributed by atoms with Crippen molar-refractivity contribution in [3.05, 3.63) is 35.4 Å². The number of aliphatic carboxylic acids is 2. The summed E-state index contributed by atoms with van der Waals surface area (Å²) in [6.45, 7) is 7.67. The highest BCUT2D eigenvalue weighted by Crippen LogP contribution is 2.45. The molecule has 0 aliphatic carbocycles. The zero-order valence-corrected chi connectivity index (χ0v) is 20.0. The Balaban J connectivity index is 0.000000604. The first-order chi connectivity index (χ1) is 15.7.